The number of ether oxygens (including phenoxy) is 1. The van der Waals surface area contributed by atoms with Gasteiger partial charge in [-0.2, -0.15) is 0 Å². The Labute approximate surface area is 170 Å². The molecular weight excluding hydrogens is 364 g/mol. The van der Waals surface area contributed by atoms with Gasteiger partial charge in [-0.05, 0) is 49.4 Å². The largest absolute Gasteiger partial charge is 0.381 e. The molecule has 4 rings (SSSR count). The van der Waals surface area contributed by atoms with E-state index in [-0.39, 0.29) is 11.5 Å². The SMILES string of the molecule is CCc1c(C)c2ccc(NC(=O)C3(c4ccccc4)CCOCC3)cc2[nH]c1=O. The highest BCUT2D eigenvalue weighted by Crippen LogP contribution is 2.36. The fourth-order valence-electron chi connectivity index (χ4n) is 4.38. The Balaban J connectivity index is 1.69. The zero-order chi connectivity index (χ0) is 20.4. The number of aryl methyl sites for hydroxylation is 1. The fourth-order valence-corrected chi connectivity index (χ4v) is 4.38. The Morgan fingerprint density at radius 3 is 2.55 bits per heavy atom. The molecule has 0 aliphatic carbocycles. The minimum atomic E-state index is -0.607. The minimum Gasteiger partial charge on any atom is -0.381 e. The van der Waals surface area contributed by atoms with Crippen molar-refractivity contribution in [1.29, 1.82) is 0 Å². The van der Waals surface area contributed by atoms with Crippen molar-refractivity contribution in [3.05, 3.63) is 75.6 Å². The molecule has 0 unspecified atom stereocenters. The first-order valence-corrected chi connectivity index (χ1v) is 10.2. The first-order chi connectivity index (χ1) is 14.0. The molecule has 1 aromatic heterocycles. The molecule has 1 fully saturated rings. The third kappa shape index (κ3) is 3.47. The molecule has 5 nitrogen and oxygen atoms in total. The molecule has 150 valence electrons. The molecule has 0 radical (unpaired) electrons. The summed E-state index contributed by atoms with van der Waals surface area (Å²) in [5, 5.41) is 4.10. The van der Waals surface area contributed by atoms with Gasteiger partial charge in [0.1, 0.15) is 0 Å². The molecule has 0 bridgehead atoms. The molecule has 2 heterocycles. The predicted molar refractivity (Wildman–Crippen MR) is 115 cm³/mol. The summed E-state index contributed by atoms with van der Waals surface area (Å²) in [5.41, 5.74) is 3.56. The van der Waals surface area contributed by atoms with Gasteiger partial charge < -0.3 is 15.0 Å². The van der Waals surface area contributed by atoms with Crippen LogP contribution in [0.5, 0.6) is 0 Å². The maximum atomic E-state index is 13.4. The number of aromatic amines is 1. The molecule has 0 spiro atoms. The van der Waals surface area contributed by atoms with Gasteiger partial charge in [0.25, 0.3) is 5.56 Å². The van der Waals surface area contributed by atoms with Gasteiger partial charge in [-0.3, -0.25) is 9.59 Å². The molecule has 2 aromatic carbocycles. The standard InChI is InChI=1S/C24H26N2O3/c1-3-19-16(2)20-10-9-18(15-21(20)26-22(19)27)25-23(28)24(11-13-29-14-12-24)17-7-5-4-6-8-17/h4-10,15H,3,11-14H2,1-2H3,(H,25,28)(H,26,27). The Kier molecular flexibility index (Phi) is 5.24. The van der Waals surface area contributed by atoms with Gasteiger partial charge in [0.05, 0.1) is 10.9 Å². The van der Waals surface area contributed by atoms with Gasteiger partial charge in [0.2, 0.25) is 5.91 Å². The Morgan fingerprint density at radius 2 is 1.86 bits per heavy atom. The number of rotatable bonds is 4. The van der Waals surface area contributed by atoms with Crippen molar-refractivity contribution < 1.29 is 9.53 Å². The number of nitrogens with one attached hydrogen (secondary N) is 2. The number of anilines is 1. The van der Waals surface area contributed by atoms with E-state index in [9.17, 15) is 9.59 Å². The van der Waals surface area contributed by atoms with Gasteiger partial charge in [0, 0.05) is 29.9 Å². The van der Waals surface area contributed by atoms with Crippen molar-refractivity contribution in [1.82, 2.24) is 4.98 Å². The zero-order valence-corrected chi connectivity index (χ0v) is 16.9. The summed E-state index contributed by atoms with van der Waals surface area (Å²) < 4.78 is 5.53. The monoisotopic (exact) mass is 390 g/mol. The molecule has 1 aliphatic rings. The molecule has 1 saturated heterocycles. The molecule has 1 aliphatic heterocycles. The van der Waals surface area contributed by atoms with E-state index < -0.39 is 5.41 Å². The van der Waals surface area contributed by atoms with E-state index >= 15 is 0 Å². The van der Waals surface area contributed by atoms with Crippen molar-refractivity contribution in [3.63, 3.8) is 0 Å². The summed E-state index contributed by atoms with van der Waals surface area (Å²) in [6, 6.07) is 15.6. The second kappa shape index (κ2) is 7.84. The number of hydrogen-bond acceptors (Lipinski definition) is 3. The Hall–Kier alpha value is -2.92. The highest BCUT2D eigenvalue weighted by molar-refractivity contribution is 6.00. The maximum Gasteiger partial charge on any atom is 0.251 e. The smallest absolute Gasteiger partial charge is 0.251 e. The summed E-state index contributed by atoms with van der Waals surface area (Å²) in [4.78, 5) is 28.7. The predicted octanol–water partition coefficient (Wildman–Crippen LogP) is 4.09. The normalized spacial score (nSPS) is 15.9. The first-order valence-electron chi connectivity index (χ1n) is 10.2. The van der Waals surface area contributed by atoms with Gasteiger partial charge in [-0.1, -0.05) is 43.3 Å². The van der Waals surface area contributed by atoms with Gasteiger partial charge in [-0.25, -0.2) is 0 Å². The first kappa shape index (κ1) is 19.4. The van der Waals surface area contributed by atoms with Gasteiger partial charge >= 0.3 is 0 Å². The molecule has 1 amide bonds. The van der Waals surface area contributed by atoms with Crippen LogP contribution < -0.4 is 10.9 Å². The van der Waals surface area contributed by atoms with Crippen LogP contribution in [0.4, 0.5) is 5.69 Å². The van der Waals surface area contributed by atoms with Crippen LogP contribution in [0.3, 0.4) is 0 Å². The van der Waals surface area contributed by atoms with E-state index in [1.807, 2.05) is 62.4 Å². The summed E-state index contributed by atoms with van der Waals surface area (Å²) in [6.07, 6.45) is 1.98. The topological polar surface area (TPSA) is 71.2 Å². The number of carbonyl (C=O) groups excluding carboxylic acids is 1. The van der Waals surface area contributed by atoms with E-state index in [2.05, 4.69) is 10.3 Å². The van der Waals surface area contributed by atoms with E-state index in [1.54, 1.807) is 0 Å². The van der Waals surface area contributed by atoms with Crippen LogP contribution in [0.25, 0.3) is 10.9 Å². The van der Waals surface area contributed by atoms with E-state index in [1.165, 1.54) is 0 Å². The second-order valence-corrected chi connectivity index (χ2v) is 7.69. The lowest BCUT2D eigenvalue weighted by Gasteiger charge is -2.36. The lowest BCUT2D eigenvalue weighted by atomic mass is 9.73. The summed E-state index contributed by atoms with van der Waals surface area (Å²) in [7, 11) is 0. The van der Waals surface area contributed by atoms with Crippen molar-refractivity contribution in [3.8, 4) is 0 Å². The number of benzene rings is 2. The third-order valence-corrected chi connectivity index (χ3v) is 6.12. The highest BCUT2D eigenvalue weighted by Gasteiger charge is 2.41. The number of carbonyl (C=O) groups is 1. The highest BCUT2D eigenvalue weighted by atomic mass is 16.5. The van der Waals surface area contributed by atoms with Crippen molar-refractivity contribution in [2.45, 2.75) is 38.5 Å². The van der Waals surface area contributed by atoms with Crippen molar-refractivity contribution in [2.24, 2.45) is 0 Å². The lowest BCUT2D eigenvalue weighted by Crippen LogP contribution is -2.44. The number of fused-ring (bicyclic) bond motifs is 1. The van der Waals surface area contributed by atoms with Crippen LogP contribution in [0.1, 0.15) is 36.5 Å². The number of aromatic nitrogens is 1. The van der Waals surface area contributed by atoms with Crippen molar-refractivity contribution >= 4 is 22.5 Å². The average molecular weight is 390 g/mol. The molecule has 0 atom stereocenters. The number of H-pyrrole nitrogens is 1. The number of hydrogen-bond donors (Lipinski definition) is 2. The summed E-state index contributed by atoms with van der Waals surface area (Å²) in [6.45, 7) is 5.08. The van der Waals surface area contributed by atoms with Crippen LogP contribution in [0, 0.1) is 6.92 Å². The Bertz CT molecular complexity index is 1100. The molecule has 0 saturated carbocycles. The summed E-state index contributed by atoms with van der Waals surface area (Å²) in [5.74, 6) is -0.0319. The zero-order valence-electron chi connectivity index (χ0n) is 16.9. The maximum absolute atomic E-state index is 13.4. The van der Waals surface area contributed by atoms with Gasteiger partial charge in [0.15, 0.2) is 0 Å². The second-order valence-electron chi connectivity index (χ2n) is 7.69. The summed E-state index contributed by atoms with van der Waals surface area (Å²) >= 11 is 0. The number of pyridine rings is 1. The minimum absolute atomic E-state index is 0.0319. The molecule has 5 heteroatoms. The fraction of sp³-hybridized carbons (Fsp3) is 0.333. The van der Waals surface area contributed by atoms with Gasteiger partial charge in [-0.15, -0.1) is 0 Å². The van der Waals surface area contributed by atoms with E-state index in [4.69, 9.17) is 4.74 Å². The van der Waals surface area contributed by atoms with Crippen LogP contribution >= 0.6 is 0 Å². The molecular formula is C24H26N2O3. The van der Waals surface area contributed by atoms with Crippen LogP contribution in [-0.2, 0) is 21.4 Å². The average Bonchev–Trinajstić information content (AvgIpc) is 2.75. The molecule has 3 aromatic rings. The van der Waals surface area contributed by atoms with Crippen LogP contribution in [0.15, 0.2) is 53.3 Å². The Morgan fingerprint density at radius 1 is 1.14 bits per heavy atom. The quantitative estimate of drug-likeness (QED) is 0.705. The lowest BCUT2D eigenvalue weighted by molar-refractivity contribution is -0.125. The van der Waals surface area contributed by atoms with Crippen molar-refractivity contribution in [2.75, 3.05) is 18.5 Å². The number of amides is 1. The molecule has 29 heavy (non-hydrogen) atoms. The third-order valence-electron chi connectivity index (χ3n) is 6.12. The van der Waals surface area contributed by atoms with E-state index in [0.717, 1.165) is 27.6 Å². The molecule has 2 N–H and O–H groups in total. The van der Waals surface area contributed by atoms with Crippen LogP contribution in [-0.4, -0.2) is 24.1 Å². The van der Waals surface area contributed by atoms with E-state index in [0.29, 0.717) is 38.2 Å². The van der Waals surface area contributed by atoms with Crippen LogP contribution in [0.2, 0.25) is 0 Å².